The lowest BCUT2D eigenvalue weighted by atomic mass is 9.83. The molecule has 0 radical (unpaired) electrons. The number of piperidine rings is 1. The Balaban J connectivity index is 1.29. The van der Waals surface area contributed by atoms with Crippen molar-refractivity contribution in [2.24, 2.45) is 11.8 Å². The number of hydrogen-bond acceptors (Lipinski definition) is 3. The summed E-state index contributed by atoms with van der Waals surface area (Å²) < 4.78 is 6.27. The third-order valence-electron chi connectivity index (χ3n) is 6.45. The summed E-state index contributed by atoms with van der Waals surface area (Å²) in [6.07, 6.45) is 12.0. The summed E-state index contributed by atoms with van der Waals surface area (Å²) in [6.45, 7) is 2.60. The van der Waals surface area contributed by atoms with Gasteiger partial charge in [-0.2, -0.15) is 0 Å². The predicted molar refractivity (Wildman–Crippen MR) is 97.1 cm³/mol. The van der Waals surface area contributed by atoms with E-state index in [0.717, 1.165) is 63.9 Å². The van der Waals surface area contributed by atoms with E-state index in [1.54, 1.807) is 0 Å². The van der Waals surface area contributed by atoms with E-state index in [-0.39, 0.29) is 5.60 Å². The predicted octanol–water partition coefficient (Wildman–Crippen LogP) is 3.60. The molecule has 1 aromatic heterocycles. The zero-order valence-corrected chi connectivity index (χ0v) is 15.2. The maximum Gasteiger partial charge on any atom is 0.225 e. The fraction of sp³-hybridized carbons (Fsp3) is 0.714. The van der Waals surface area contributed by atoms with Gasteiger partial charge in [0.2, 0.25) is 5.91 Å². The molecule has 2 saturated heterocycles. The van der Waals surface area contributed by atoms with Gasteiger partial charge in [-0.25, -0.2) is 0 Å². The van der Waals surface area contributed by atoms with Crippen molar-refractivity contribution in [2.75, 3.05) is 19.7 Å². The lowest BCUT2D eigenvalue weighted by Crippen LogP contribution is -2.48. The number of likely N-dealkylation sites (tertiary alicyclic amines) is 1. The number of aromatic nitrogens is 1. The number of hydrogen-bond donors (Lipinski definition) is 0. The molecule has 1 amide bonds. The van der Waals surface area contributed by atoms with Gasteiger partial charge in [0.15, 0.2) is 0 Å². The van der Waals surface area contributed by atoms with Gasteiger partial charge in [0.1, 0.15) is 0 Å². The second kappa shape index (κ2) is 7.45. The van der Waals surface area contributed by atoms with Gasteiger partial charge in [0.05, 0.1) is 12.2 Å². The average molecular weight is 342 g/mol. The van der Waals surface area contributed by atoms with Crippen molar-refractivity contribution < 1.29 is 9.53 Å². The van der Waals surface area contributed by atoms with E-state index in [1.165, 1.54) is 19.3 Å². The third-order valence-corrected chi connectivity index (χ3v) is 6.45. The summed E-state index contributed by atoms with van der Waals surface area (Å²) in [5.74, 6) is 1.28. The van der Waals surface area contributed by atoms with Gasteiger partial charge in [0.25, 0.3) is 0 Å². The molecular weight excluding hydrogens is 312 g/mol. The maximum absolute atomic E-state index is 12.7. The van der Waals surface area contributed by atoms with Crippen molar-refractivity contribution in [3.05, 3.63) is 30.1 Å². The molecule has 1 aromatic rings. The third kappa shape index (κ3) is 3.89. The highest BCUT2D eigenvalue weighted by atomic mass is 16.5. The molecule has 3 aliphatic rings. The van der Waals surface area contributed by atoms with Crippen LogP contribution >= 0.6 is 0 Å². The Morgan fingerprint density at radius 3 is 2.72 bits per heavy atom. The van der Waals surface area contributed by atoms with Gasteiger partial charge in [-0.05, 0) is 56.6 Å². The molecule has 4 nitrogen and oxygen atoms in total. The Bertz CT molecular complexity index is 575. The minimum absolute atomic E-state index is 0.0167. The summed E-state index contributed by atoms with van der Waals surface area (Å²) in [5.41, 5.74) is 1.18. The Kier molecular flexibility index (Phi) is 5.07. The van der Waals surface area contributed by atoms with E-state index in [1.807, 2.05) is 12.3 Å². The van der Waals surface area contributed by atoms with Crippen molar-refractivity contribution in [1.82, 2.24) is 9.88 Å². The Morgan fingerprint density at radius 1 is 1.20 bits per heavy atom. The molecule has 1 aliphatic carbocycles. The zero-order chi connectivity index (χ0) is 17.1. The smallest absolute Gasteiger partial charge is 0.225 e. The second-order valence-electron chi connectivity index (χ2n) is 8.25. The van der Waals surface area contributed by atoms with Crippen LogP contribution in [0.3, 0.4) is 0 Å². The van der Waals surface area contributed by atoms with Crippen LogP contribution in [-0.4, -0.2) is 41.1 Å². The average Bonchev–Trinajstić information content (AvgIpc) is 3.05. The lowest BCUT2D eigenvalue weighted by molar-refractivity contribution is -0.141. The molecule has 1 atom stereocenters. The number of ether oxygens (including phenoxy) is 1. The number of pyridine rings is 1. The van der Waals surface area contributed by atoms with E-state index in [4.69, 9.17) is 4.74 Å². The van der Waals surface area contributed by atoms with Crippen LogP contribution in [0.15, 0.2) is 24.4 Å². The first-order valence-electron chi connectivity index (χ1n) is 10.1. The molecule has 25 heavy (non-hydrogen) atoms. The SMILES string of the molecule is O=C(C1CCCCC1)N1CCC2(CC1)C[C@@H](Cc1ccccn1)CO2. The fourth-order valence-corrected chi connectivity index (χ4v) is 4.98. The van der Waals surface area contributed by atoms with Crippen molar-refractivity contribution in [3.63, 3.8) is 0 Å². The van der Waals surface area contributed by atoms with Crippen LogP contribution < -0.4 is 0 Å². The summed E-state index contributed by atoms with van der Waals surface area (Å²) >= 11 is 0. The van der Waals surface area contributed by atoms with Gasteiger partial charge in [-0.15, -0.1) is 0 Å². The Labute approximate surface area is 151 Å². The van der Waals surface area contributed by atoms with Crippen LogP contribution in [0.2, 0.25) is 0 Å². The van der Waals surface area contributed by atoms with Crippen LogP contribution in [0.1, 0.15) is 57.1 Å². The molecule has 1 spiro atoms. The standard InChI is InChI=1S/C21H30N2O2/c24-20(18-6-2-1-3-7-18)23-12-9-21(10-13-23)15-17(16-25-21)14-19-8-4-5-11-22-19/h4-5,8,11,17-18H,1-3,6-7,9-10,12-16H2/t17-/m1/s1. The topological polar surface area (TPSA) is 42.4 Å². The quantitative estimate of drug-likeness (QED) is 0.843. The van der Waals surface area contributed by atoms with Crippen LogP contribution in [-0.2, 0) is 16.0 Å². The lowest BCUT2D eigenvalue weighted by Gasteiger charge is -2.40. The minimum atomic E-state index is 0.0167. The fourth-order valence-electron chi connectivity index (χ4n) is 4.98. The maximum atomic E-state index is 12.7. The van der Waals surface area contributed by atoms with Gasteiger partial charge in [-0.3, -0.25) is 9.78 Å². The largest absolute Gasteiger partial charge is 0.375 e. The molecule has 3 heterocycles. The van der Waals surface area contributed by atoms with E-state index >= 15 is 0 Å². The second-order valence-corrected chi connectivity index (χ2v) is 8.25. The highest BCUT2D eigenvalue weighted by Crippen LogP contribution is 2.40. The monoisotopic (exact) mass is 342 g/mol. The molecule has 4 rings (SSSR count). The Hall–Kier alpha value is -1.42. The first-order valence-corrected chi connectivity index (χ1v) is 10.1. The molecule has 3 fully saturated rings. The van der Waals surface area contributed by atoms with Gasteiger partial charge >= 0.3 is 0 Å². The molecule has 0 unspecified atom stereocenters. The van der Waals surface area contributed by atoms with Crippen molar-refractivity contribution in [1.29, 1.82) is 0 Å². The summed E-state index contributed by atoms with van der Waals surface area (Å²) in [4.78, 5) is 19.3. The van der Waals surface area contributed by atoms with E-state index in [0.29, 0.717) is 17.7 Å². The van der Waals surface area contributed by atoms with Crippen molar-refractivity contribution in [2.45, 2.75) is 63.4 Å². The Morgan fingerprint density at radius 2 is 2.00 bits per heavy atom. The number of carbonyl (C=O) groups is 1. The summed E-state index contributed by atoms with van der Waals surface area (Å²) in [6, 6.07) is 6.13. The van der Waals surface area contributed by atoms with Crippen LogP contribution in [0, 0.1) is 11.8 Å². The number of nitrogens with zero attached hydrogens (tertiary/aromatic N) is 2. The van der Waals surface area contributed by atoms with Crippen molar-refractivity contribution in [3.8, 4) is 0 Å². The first-order chi connectivity index (χ1) is 12.2. The molecule has 2 aliphatic heterocycles. The van der Waals surface area contributed by atoms with Crippen LogP contribution in [0.4, 0.5) is 0 Å². The molecule has 0 bridgehead atoms. The highest BCUT2D eigenvalue weighted by Gasteiger charge is 2.43. The number of amides is 1. The molecular formula is C21H30N2O2. The van der Waals surface area contributed by atoms with Gasteiger partial charge in [-0.1, -0.05) is 25.3 Å². The number of carbonyl (C=O) groups excluding carboxylic acids is 1. The van der Waals surface area contributed by atoms with E-state index in [9.17, 15) is 4.79 Å². The van der Waals surface area contributed by atoms with Gasteiger partial charge in [0, 0.05) is 30.9 Å². The molecule has 0 aromatic carbocycles. The molecule has 0 N–H and O–H groups in total. The summed E-state index contributed by atoms with van der Waals surface area (Å²) in [5, 5.41) is 0. The first kappa shape index (κ1) is 17.0. The zero-order valence-electron chi connectivity index (χ0n) is 15.2. The van der Waals surface area contributed by atoms with E-state index < -0.39 is 0 Å². The van der Waals surface area contributed by atoms with Crippen LogP contribution in [0.25, 0.3) is 0 Å². The van der Waals surface area contributed by atoms with E-state index in [2.05, 4.69) is 22.0 Å². The molecule has 1 saturated carbocycles. The van der Waals surface area contributed by atoms with Crippen LogP contribution in [0.5, 0.6) is 0 Å². The molecule has 136 valence electrons. The number of rotatable bonds is 3. The highest BCUT2D eigenvalue weighted by molar-refractivity contribution is 5.79. The van der Waals surface area contributed by atoms with Crippen molar-refractivity contribution >= 4 is 5.91 Å². The molecule has 4 heteroatoms. The normalized spacial score (nSPS) is 26.9. The minimum Gasteiger partial charge on any atom is -0.375 e. The summed E-state index contributed by atoms with van der Waals surface area (Å²) in [7, 11) is 0. The van der Waals surface area contributed by atoms with Gasteiger partial charge < -0.3 is 9.64 Å².